The summed E-state index contributed by atoms with van der Waals surface area (Å²) >= 11 is 0. The Morgan fingerprint density at radius 2 is 1.83 bits per heavy atom. The molecule has 100 valence electrons. The molecule has 1 aromatic rings. The second-order valence-corrected chi connectivity index (χ2v) is 5.05. The Balaban J connectivity index is 2.51. The third-order valence-electron chi connectivity index (χ3n) is 4.04. The van der Waals surface area contributed by atoms with Crippen LogP contribution < -0.4 is 5.73 Å². The monoisotopic (exact) mass is 257 g/mol. The summed E-state index contributed by atoms with van der Waals surface area (Å²) in [6.45, 7) is 0.302. The van der Waals surface area contributed by atoms with Gasteiger partial charge in [-0.1, -0.05) is 31.4 Å². The van der Waals surface area contributed by atoms with Crippen molar-refractivity contribution in [1.82, 2.24) is 0 Å². The molecule has 1 aromatic carbocycles. The minimum Gasteiger partial charge on any atom is -0.330 e. The largest absolute Gasteiger partial charge is 0.330 e. The topological polar surface area (TPSA) is 26.0 Å². The van der Waals surface area contributed by atoms with Gasteiger partial charge >= 0.3 is 0 Å². The molecular formula is C14H18F3N. The van der Waals surface area contributed by atoms with Gasteiger partial charge in [0.15, 0.2) is 0 Å². The van der Waals surface area contributed by atoms with Crippen LogP contribution in [0.3, 0.4) is 0 Å². The van der Waals surface area contributed by atoms with E-state index in [1.54, 1.807) is 6.07 Å². The molecule has 0 aromatic heterocycles. The standard InChI is InChI=1S/C14H18F3N/c15-11-6-4-5-10(12(11)13(16)17)14(9-18)7-2-1-3-8-14/h4-6,13H,1-3,7-9,18H2. The molecule has 0 radical (unpaired) electrons. The van der Waals surface area contributed by atoms with Crippen LogP contribution in [0, 0.1) is 5.82 Å². The summed E-state index contributed by atoms with van der Waals surface area (Å²) in [5.74, 6) is -0.819. The van der Waals surface area contributed by atoms with E-state index in [0.717, 1.165) is 38.2 Å². The maximum Gasteiger partial charge on any atom is 0.266 e. The van der Waals surface area contributed by atoms with Gasteiger partial charge in [0.2, 0.25) is 0 Å². The lowest BCUT2D eigenvalue weighted by Crippen LogP contribution is -2.38. The Kier molecular flexibility index (Phi) is 3.95. The fraction of sp³-hybridized carbons (Fsp3) is 0.571. The first-order valence-corrected chi connectivity index (χ1v) is 6.38. The summed E-state index contributed by atoms with van der Waals surface area (Å²) in [6, 6.07) is 4.21. The van der Waals surface area contributed by atoms with Crippen LogP contribution in [0.25, 0.3) is 0 Å². The summed E-state index contributed by atoms with van der Waals surface area (Å²) in [4.78, 5) is 0. The lowest BCUT2D eigenvalue weighted by molar-refractivity contribution is 0.141. The Morgan fingerprint density at radius 3 is 2.39 bits per heavy atom. The number of halogens is 3. The summed E-state index contributed by atoms with van der Waals surface area (Å²) in [5, 5.41) is 0. The Morgan fingerprint density at radius 1 is 1.17 bits per heavy atom. The number of benzene rings is 1. The molecule has 0 atom stereocenters. The number of alkyl halides is 2. The Hall–Kier alpha value is -1.03. The molecular weight excluding hydrogens is 239 g/mol. The van der Waals surface area contributed by atoms with Crippen LogP contribution >= 0.6 is 0 Å². The molecule has 1 aliphatic carbocycles. The minimum absolute atomic E-state index is 0.302. The predicted molar refractivity (Wildman–Crippen MR) is 65.2 cm³/mol. The minimum atomic E-state index is -2.79. The van der Waals surface area contributed by atoms with Crippen LogP contribution in [-0.4, -0.2) is 6.54 Å². The molecule has 18 heavy (non-hydrogen) atoms. The lowest BCUT2D eigenvalue weighted by Gasteiger charge is -2.38. The SMILES string of the molecule is NCC1(c2cccc(F)c2C(F)F)CCCCC1. The quantitative estimate of drug-likeness (QED) is 0.872. The van der Waals surface area contributed by atoms with Crippen LogP contribution in [-0.2, 0) is 5.41 Å². The number of rotatable bonds is 3. The third kappa shape index (κ3) is 2.26. The molecule has 2 rings (SSSR count). The molecule has 0 unspecified atom stereocenters. The van der Waals surface area contributed by atoms with Gasteiger partial charge < -0.3 is 5.73 Å². The van der Waals surface area contributed by atoms with Gasteiger partial charge in [-0.25, -0.2) is 13.2 Å². The highest BCUT2D eigenvalue weighted by molar-refractivity contribution is 5.37. The van der Waals surface area contributed by atoms with Crippen molar-refractivity contribution in [3.63, 3.8) is 0 Å². The molecule has 1 saturated carbocycles. The van der Waals surface area contributed by atoms with Crippen LogP contribution in [0.4, 0.5) is 13.2 Å². The highest BCUT2D eigenvalue weighted by Crippen LogP contribution is 2.42. The van der Waals surface area contributed by atoms with E-state index < -0.39 is 23.2 Å². The fourth-order valence-electron chi connectivity index (χ4n) is 3.03. The zero-order valence-electron chi connectivity index (χ0n) is 10.3. The first-order chi connectivity index (χ1) is 8.60. The van der Waals surface area contributed by atoms with Crippen molar-refractivity contribution in [3.05, 3.63) is 35.1 Å². The maximum absolute atomic E-state index is 13.6. The van der Waals surface area contributed by atoms with Gasteiger partial charge in [0.25, 0.3) is 6.43 Å². The van der Waals surface area contributed by atoms with Crippen LogP contribution in [0.2, 0.25) is 0 Å². The van der Waals surface area contributed by atoms with Crippen LogP contribution in [0.15, 0.2) is 18.2 Å². The fourth-order valence-corrected chi connectivity index (χ4v) is 3.03. The Bertz CT molecular complexity index is 412. The van der Waals surface area contributed by atoms with Crippen LogP contribution in [0.5, 0.6) is 0 Å². The molecule has 2 N–H and O–H groups in total. The molecule has 0 spiro atoms. The first-order valence-electron chi connectivity index (χ1n) is 6.38. The van der Waals surface area contributed by atoms with Gasteiger partial charge in [0.05, 0.1) is 5.56 Å². The van der Waals surface area contributed by atoms with Gasteiger partial charge in [-0.2, -0.15) is 0 Å². The molecule has 1 nitrogen and oxygen atoms in total. The molecule has 0 heterocycles. The zero-order chi connectivity index (χ0) is 13.2. The van der Waals surface area contributed by atoms with E-state index in [9.17, 15) is 13.2 Å². The summed E-state index contributed by atoms with van der Waals surface area (Å²) < 4.78 is 39.8. The molecule has 4 heteroatoms. The molecule has 0 saturated heterocycles. The Labute approximate surface area is 105 Å². The lowest BCUT2D eigenvalue weighted by atomic mass is 9.68. The van der Waals surface area contributed by atoms with Crippen molar-refractivity contribution < 1.29 is 13.2 Å². The van der Waals surface area contributed by atoms with E-state index in [4.69, 9.17) is 5.73 Å². The van der Waals surface area contributed by atoms with Crippen molar-refractivity contribution in [2.24, 2.45) is 5.73 Å². The number of hydrogen-bond donors (Lipinski definition) is 1. The molecule has 1 fully saturated rings. The van der Waals surface area contributed by atoms with Crippen molar-refractivity contribution in [2.45, 2.75) is 43.9 Å². The maximum atomic E-state index is 13.6. The van der Waals surface area contributed by atoms with Gasteiger partial charge in [-0.05, 0) is 24.5 Å². The van der Waals surface area contributed by atoms with Gasteiger partial charge in [0, 0.05) is 12.0 Å². The number of nitrogens with two attached hydrogens (primary N) is 1. The average Bonchev–Trinajstić information content (AvgIpc) is 2.38. The van der Waals surface area contributed by atoms with Crippen LogP contribution in [0.1, 0.15) is 49.7 Å². The van der Waals surface area contributed by atoms with Crippen molar-refractivity contribution in [3.8, 4) is 0 Å². The molecule has 0 amide bonds. The summed E-state index contributed by atoms with van der Waals surface area (Å²) in [7, 11) is 0. The third-order valence-corrected chi connectivity index (χ3v) is 4.04. The summed E-state index contributed by atoms with van der Waals surface area (Å²) in [5.41, 5.74) is 5.32. The smallest absolute Gasteiger partial charge is 0.266 e. The average molecular weight is 257 g/mol. The van der Waals surface area contributed by atoms with E-state index in [0.29, 0.717) is 12.1 Å². The van der Waals surface area contributed by atoms with E-state index in [2.05, 4.69) is 0 Å². The number of hydrogen-bond acceptors (Lipinski definition) is 1. The summed E-state index contributed by atoms with van der Waals surface area (Å²) in [6.07, 6.45) is 1.79. The van der Waals surface area contributed by atoms with E-state index in [1.807, 2.05) is 0 Å². The van der Waals surface area contributed by atoms with E-state index in [1.165, 1.54) is 6.07 Å². The van der Waals surface area contributed by atoms with Gasteiger partial charge in [0.1, 0.15) is 5.82 Å². The molecule has 0 aliphatic heterocycles. The molecule has 1 aliphatic rings. The highest BCUT2D eigenvalue weighted by atomic mass is 19.3. The second-order valence-electron chi connectivity index (χ2n) is 5.05. The highest BCUT2D eigenvalue weighted by Gasteiger charge is 2.36. The second kappa shape index (κ2) is 5.31. The van der Waals surface area contributed by atoms with Crippen molar-refractivity contribution >= 4 is 0 Å². The molecule has 0 bridgehead atoms. The zero-order valence-corrected chi connectivity index (χ0v) is 10.3. The first kappa shape index (κ1) is 13.4. The van der Waals surface area contributed by atoms with Crippen molar-refractivity contribution in [2.75, 3.05) is 6.54 Å². The van der Waals surface area contributed by atoms with E-state index in [-0.39, 0.29) is 0 Å². The van der Waals surface area contributed by atoms with E-state index >= 15 is 0 Å². The van der Waals surface area contributed by atoms with Crippen molar-refractivity contribution in [1.29, 1.82) is 0 Å². The predicted octanol–water partition coefficient (Wildman–Crippen LogP) is 3.92. The van der Waals surface area contributed by atoms with Gasteiger partial charge in [-0.15, -0.1) is 0 Å². The van der Waals surface area contributed by atoms with Gasteiger partial charge in [-0.3, -0.25) is 0 Å². The normalized spacial score (nSPS) is 19.2.